The van der Waals surface area contributed by atoms with Gasteiger partial charge in [-0.15, -0.1) is 0 Å². The van der Waals surface area contributed by atoms with Crippen molar-refractivity contribution >= 4 is 26.8 Å². The summed E-state index contributed by atoms with van der Waals surface area (Å²) in [6, 6.07) is 13.4. The molecule has 176 valence electrons. The van der Waals surface area contributed by atoms with Crippen LogP contribution in [-0.4, -0.2) is 67.9 Å². The van der Waals surface area contributed by atoms with Gasteiger partial charge in [-0.1, -0.05) is 24.3 Å². The molecule has 1 unspecified atom stereocenters. The standard InChI is InChI=1S/C23H27FN4O4S/c1-33(30,31)16-22-26-19-4-2-3-5-20(19)28(22)15-23(29)25-14-21(27-10-12-32-13-11-27)17-6-8-18(24)9-7-17/h2-9,21H,10-16H2,1H3,(H,25,29). The van der Waals surface area contributed by atoms with Crippen LogP contribution in [0, 0.1) is 5.82 Å². The Bertz CT molecular complexity index is 1220. The van der Waals surface area contributed by atoms with Gasteiger partial charge in [-0.2, -0.15) is 0 Å². The molecule has 1 atom stereocenters. The number of sulfone groups is 1. The van der Waals surface area contributed by atoms with Gasteiger partial charge in [0.2, 0.25) is 5.91 Å². The zero-order valence-electron chi connectivity index (χ0n) is 18.4. The van der Waals surface area contributed by atoms with Crippen molar-refractivity contribution in [2.45, 2.75) is 18.3 Å². The first-order valence-electron chi connectivity index (χ1n) is 10.8. The highest BCUT2D eigenvalue weighted by molar-refractivity contribution is 7.89. The van der Waals surface area contributed by atoms with Crippen LogP contribution in [0.2, 0.25) is 0 Å². The van der Waals surface area contributed by atoms with Crippen molar-refractivity contribution in [1.82, 2.24) is 19.8 Å². The van der Waals surface area contributed by atoms with Gasteiger partial charge in [-0.05, 0) is 29.8 Å². The zero-order chi connectivity index (χ0) is 23.4. The van der Waals surface area contributed by atoms with Crippen LogP contribution in [0.5, 0.6) is 0 Å². The van der Waals surface area contributed by atoms with Crippen LogP contribution in [0.3, 0.4) is 0 Å². The Morgan fingerprint density at radius 2 is 1.85 bits per heavy atom. The number of para-hydroxylation sites is 2. The third-order valence-corrected chi connectivity index (χ3v) is 6.44. The lowest BCUT2D eigenvalue weighted by Gasteiger charge is -2.35. The molecule has 1 amide bonds. The van der Waals surface area contributed by atoms with Gasteiger partial charge >= 0.3 is 0 Å². The minimum absolute atomic E-state index is 0.0510. The number of nitrogens with zero attached hydrogens (tertiary/aromatic N) is 3. The van der Waals surface area contributed by atoms with Gasteiger partial charge < -0.3 is 14.6 Å². The minimum atomic E-state index is -3.33. The van der Waals surface area contributed by atoms with Crippen molar-refractivity contribution in [3.05, 3.63) is 65.7 Å². The molecule has 1 aromatic heterocycles. The Labute approximate surface area is 192 Å². The van der Waals surface area contributed by atoms with E-state index in [9.17, 15) is 17.6 Å². The Kier molecular flexibility index (Phi) is 7.06. The maximum Gasteiger partial charge on any atom is 0.240 e. The van der Waals surface area contributed by atoms with Crippen molar-refractivity contribution in [1.29, 1.82) is 0 Å². The molecule has 0 aliphatic carbocycles. The van der Waals surface area contributed by atoms with Gasteiger partial charge in [0.25, 0.3) is 0 Å². The highest BCUT2D eigenvalue weighted by Crippen LogP contribution is 2.22. The van der Waals surface area contributed by atoms with Crippen LogP contribution in [0.4, 0.5) is 4.39 Å². The second-order valence-electron chi connectivity index (χ2n) is 8.19. The summed E-state index contributed by atoms with van der Waals surface area (Å²) in [7, 11) is -3.33. The maximum absolute atomic E-state index is 13.4. The normalized spacial score (nSPS) is 16.1. The molecule has 4 rings (SSSR count). The van der Waals surface area contributed by atoms with Gasteiger partial charge in [0.1, 0.15) is 23.9 Å². The molecule has 1 aliphatic heterocycles. The minimum Gasteiger partial charge on any atom is -0.379 e. The molecule has 0 radical (unpaired) electrons. The quantitative estimate of drug-likeness (QED) is 0.536. The fourth-order valence-corrected chi connectivity index (χ4v) is 4.78. The number of benzene rings is 2. The first-order chi connectivity index (χ1) is 15.8. The van der Waals surface area contributed by atoms with Crippen LogP contribution in [0.1, 0.15) is 17.4 Å². The second-order valence-corrected chi connectivity index (χ2v) is 10.3. The lowest BCUT2D eigenvalue weighted by atomic mass is 10.0. The van der Waals surface area contributed by atoms with E-state index in [0.717, 1.165) is 11.8 Å². The molecule has 1 fully saturated rings. The van der Waals surface area contributed by atoms with Gasteiger partial charge in [0.15, 0.2) is 9.84 Å². The fourth-order valence-electron chi connectivity index (χ4n) is 4.09. The van der Waals surface area contributed by atoms with E-state index in [-0.39, 0.29) is 30.1 Å². The van der Waals surface area contributed by atoms with E-state index in [1.54, 1.807) is 22.8 Å². The van der Waals surface area contributed by atoms with E-state index >= 15 is 0 Å². The Balaban J connectivity index is 1.52. The molecule has 0 spiro atoms. The van der Waals surface area contributed by atoms with E-state index in [1.807, 2.05) is 18.2 Å². The zero-order valence-corrected chi connectivity index (χ0v) is 19.2. The topological polar surface area (TPSA) is 93.5 Å². The number of halogens is 1. The lowest BCUT2D eigenvalue weighted by Crippen LogP contribution is -2.44. The number of ether oxygens (including phenoxy) is 1. The highest BCUT2D eigenvalue weighted by atomic mass is 32.2. The largest absolute Gasteiger partial charge is 0.379 e. The molecule has 1 N–H and O–H groups in total. The number of aromatic nitrogens is 2. The maximum atomic E-state index is 13.4. The van der Waals surface area contributed by atoms with E-state index in [0.29, 0.717) is 49.7 Å². The lowest BCUT2D eigenvalue weighted by molar-refractivity contribution is -0.122. The van der Waals surface area contributed by atoms with E-state index in [4.69, 9.17) is 4.74 Å². The van der Waals surface area contributed by atoms with Crippen LogP contribution in [0.25, 0.3) is 11.0 Å². The number of imidazole rings is 1. The molecular weight excluding hydrogens is 447 g/mol. The summed E-state index contributed by atoms with van der Waals surface area (Å²) in [4.78, 5) is 19.6. The highest BCUT2D eigenvalue weighted by Gasteiger charge is 2.24. The van der Waals surface area contributed by atoms with Gasteiger partial charge in [-0.25, -0.2) is 17.8 Å². The van der Waals surface area contributed by atoms with Crippen molar-refractivity contribution in [2.24, 2.45) is 0 Å². The summed E-state index contributed by atoms with van der Waals surface area (Å²) < 4.78 is 44.3. The van der Waals surface area contributed by atoms with E-state index in [1.165, 1.54) is 12.1 Å². The predicted molar refractivity (Wildman–Crippen MR) is 123 cm³/mol. The molecule has 0 bridgehead atoms. The number of nitrogens with one attached hydrogen (secondary N) is 1. The van der Waals surface area contributed by atoms with E-state index < -0.39 is 9.84 Å². The van der Waals surface area contributed by atoms with Crippen molar-refractivity contribution in [3.63, 3.8) is 0 Å². The molecule has 33 heavy (non-hydrogen) atoms. The molecule has 10 heteroatoms. The van der Waals surface area contributed by atoms with Gasteiger partial charge in [0.05, 0.1) is 30.3 Å². The predicted octanol–water partition coefficient (Wildman–Crippen LogP) is 1.91. The molecule has 1 aliphatic rings. The first-order valence-corrected chi connectivity index (χ1v) is 12.8. The summed E-state index contributed by atoms with van der Waals surface area (Å²) in [6.45, 7) is 2.90. The smallest absolute Gasteiger partial charge is 0.240 e. The number of fused-ring (bicyclic) bond motifs is 1. The molecule has 2 aromatic carbocycles. The summed E-state index contributed by atoms with van der Waals surface area (Å²) in [6.07, 6.45) is 1.15. The summed E-state index contributed by atoms with van der Waals surface area (Å²) in [5, 5.41) is 2.97. The number of morpholine rings is 1. The second kappa shape index (κ2) is 9.98. The molecule has 8 nitrogen and oxygen atoms in total. The Morgan fingerprint density at radius 1 is 1.15 bits per heavy atom. The fraction of sp³-hybridized carbons (Fsp3) is 0.391. The molecule has 3 aromatic rings. The number of amides is 1. The third kappa shape index (κ3) is 5.95. The van der Waals surface area contributed by atoms with Crippen molar-refractivity contribution in [3.8, 4) is 0 Å². The van der Waals surface area contributed by atoms with Crippen LogP contribution < -0.4 is 5.32 Å². The first kappa shape index (κ1) is 23.3. The summed E-state index contributed by atoms with van der Waals surface area (Å²) in [5.74, 6) is -0.486. The monoisotopic (exact) mass is 474 g/mol. The Morgan fingerprint density at radius 3 is 2.55 bits per heavy atom. The third-order valence-electron chi connectivity index (χ3n) is 5.66. The van der Waals surface area contributed by atoms with Gasteiger partial charge in [-0.3, -0.25) is 9.69 Å². The Hall–Kier alpha value is -2.82. The molecule has 1 saturated heterocycles. The number of carbonyl (C=O) groups is 1. The van der Waals surface area contributed by atoms with Crippen LogP contribution >= 0.6 is 0 Å². The van der Waals surface area contributed by atoms with Crippen molar-refractivity contribution in [2.75, 3.05) is 39.1 Å². The SMILES string of the molecule is CS(=O)(=O)Cc1nc2ccccc2n1CC(=O)NCC(c1ccc(F)cc1)N1CCOCC1. The average molecular weight is 475 g/mol. The van der Waals surface area contributed by atoms with Crippen molar-refractivity contribution < 1.29 is 22.3 Å². The molecule has 0 saturated carbocycles. The number of hydrogen-bond acceptors (Lipinski definition) is 6. The molecule has 2 heterocycles. The summed E-state index contributed by atoms with van der Waals surface area (Å²) in [5.41, 5.74) is 2.25. The van der Waals surface area contributed by atoms with E-state index in [2.05, 4.69) is 15.2 Å². The number of hydrogen-bond donors (Lipinski definition) is 1. The number of carbonyl (C=O) groups excluding carboxylic acids is 1. The average Bonchev–Trinajstić information content (AvgIpc) is 3.11. The summed E-state index contributed by atoms with van der Waals surface area (Å²) >= 11 is 0. The number of rotatable bonds is 8. The van der Waals surface area contributed by atoms with Crippen LogP contribution in [-0.2, 0) is 31.7 Å². The van der Waals surface area contributed by atoms with Crippen LogP contribution in [0.15, 0.2) is 48.5 Å². The van der Waals surface area contributed by atoms with Gasteiger partial charge in [0, 0.05) is 25.9 Å². The molecular formula is C23H27FN4O4S.